The lowest BCUT2D eigenvalue weighted by molar-refractivity contribution is 0.239. The Morgan fingerprint density at radius 1 is 0.926 bits per heavy atom. The summed E-state index contributed by atoms with van der Waals surface area (Å²) >= 11 is 0. The van der Waals surface area contributed by atoms with Gasteiger partial charge in [-0.05, 0) is 57.9 Å². The highest BCUT2D eigenvalue weighted by atomic mass is 16.5. The van der Waals surface area contributed by atoms with Crippen LogP contribution in [0, 0.1) is 20.8 Å². The number of hydrogen-bond donors (Lipinski definition) is 0. The molecular weight excluding hydrogens is 336 g/mol. The lowest BCUT2D eigenvalue weighted by atomic mass is 10.0. The molecule has 0 atom stereocenters. The molecule has 0 N–H and O–H groups in total. The zero-order chi connectivity index (χ0) is 19.4. The summed E-state index contributed by atoms with van der Waals surface area (Å²) in [4.78, 5) is 9.30. The van der Waals surface area contributed by atoms with Gasteiger partial charge in [-0.25, -0.2) is 9.97 Å². The Morgan fingerprint density at radius 2 is 1.59 bits per heavy atom. The molecule has 1 aromatic heterocycles. The Morgan fingerprint density at radius 3 is 2.26 bits per heavy atom. The lowest BCUT2D eigenvalue weighted by Gasteiger charge is -2.13. The molecule has 4 heteroatoms. The van der Waals surface area contributed by atoms with Crippen molar-refractivity contribution in [2.45, 2.75) is 47.3 Å². The standard InChI is InChI=1S/C23H26N2O2/c1-15(2)27-21-11-7-10-20(12-21)26-14-19-13-24-23(25-18(19)5)22-16(3)8-6-9-17(22)4/h6-13,15H,14H2,1-5H3. The minimum atomic E-state index is 0.133. The summed E-state index contributed by atoms with van der Waals surface area (Å²) in [6, 6.07) is 13.9. The molecule has 0 fully saturated rings. The van der Waals surface area contributed by atoms with Gasteiger partial charge in [0.2, 0.25) is 0 Å². The van der Waals surface area contributed by atoms with E-state index in [2.05, 4.69) is 37.0 Å². The second-order valence-corrected chi connectivity index (χ2v) is 7.00. The highest BCUT2D eigenvalue weighted by Crippen LogP contribution is 2.25. The van der Waals surface area contributed by atoms with E-state index >= 15 is 0 Å². The minimum absolute atomic E-state index is 0.133. The van der Waals surface area contributed by atoms with Crippen molar-refractivity contribution in [1.29, 1.82) is 0 Å². The first kappa shape index (κ1) is 18.9. The third-order valence-corrected chi connectivity index (χ3v) is 4.36. The molecule has 0 amide bonds. The quantitative estimate of drug-likeness (QED) is 0.586. The van der Waals surface area contributed by atoms with Gasteiger partial charge in [0.15, 0.2) is 5.82 Å². The summed E-state index contributed by atoms with van der Waals surface area (Å²) in [5, 5.41) is 0. The van der Waals surface area contributed by atoms with Gasteiger partial charge in [0.1, 0.15) is 18.1 Å². The molecule has 0 aliphatic rings. The maximum atomic E-state index is 5.93. The summed E-state index contributed by atoms with van der Waals surface area (Å²) in [6.45, 7) is 10.6. The van der Waals surface area contributed by atoms with Gasteiger partial charge in [0.05, 0.1) is 6.10 Å². The third kappa shape index (κ3) is 4.64. The zero-order valence-corrected chi connectivity index (χ0v) is 16.6. The summed E-state index contributed by atoms with van der Waals surface area (Å²) in [5.41, 5.74) is 5.37. The number of hydrogen-bond acceptors (Lipinski definition) is 4. The summed E-state index contributed by atoms with van der Waals surface area (Å²) < 4.78 is 11.6. The predicted molar refractivity (Wildman–Crippen MR) is 108 cm³/mol. The SMILES string of the molecule is Cc1cccc(C)c1-c1ncc(COc2cccc(OC(C)C)c2)c(C)n1. The highest BCUT2D eigenvalue weighted by molar-refractivity contribution is 5.64. The topological polar surface area (TPSA) is 44.2 Å². The second-order valence-electron chi connectivity index (χ2n) is 7.00. The van der Waals surface area contributed by atoms with Gasteiger partial charge in [-0.3, -0.25) is 0 Å². The van der Waals surface area contributed by atoms with Crippen LogP contribution in [0.25, 0.3) is 11.4 Å². The van der Waals surface area contributed by atoms with Gasteiger partial charge in [0.25, 0.3) is 0 Å². The van der Waals surface area contributed by atoms with Crippen LogP contribution in [0.2, 0.25) is 0 Å². The predicted octanol–water partition coefficient (Wildman–Crippen LogP) is 5.44. The van der Waals surface area contributed by atoms with Crippen LogP contribution in [-0.4, -0.2) is 16.1 Å². The van der Waals surface area contributed by atoms with Gasteiger partial charge >= 0.3 is 0 Å². The number of rotatable bonds is 6. The minimum Gasteiger partial charge on any atom is -0.491 e. The molecule has 27 heavy (non-hydrogen) atoms. The van der Waals surface area contributed by atoms with Crippen molar-refractivity contribution >= 4 is 0 Å². The van der Waals surface area contributed by atoms with E-state index in [9.17, 15) is 0 Å². The number of benzene rings is 2. The fourth-order valence-electron chi connectivity index (χ4n) is 2.99. The molecule has 0 unspecified atom stereocenters. The van der Waals surface area contributed by atoms with Crippen LogP contribution in [-0.2, 0) is 6.61 Å². The van der Waals surface area contributed by atoms with Crippen LogP contribution in [0.5, 0.6) is 11.5 Å². The van der Waals surface area contributed by atoms with Crippen LogP contribution in [0.1, 0.15) is 36.2 Å². The van der Waals surface area contributed by atoms with Gasteiger partial charge < -0.3 is 9.47 Å². The monoisotopic (exact) mass is 362 g/mol. The van der Waals surface area contributed by atoms with Gasteiger partial charge in [0, 0.05) is 29.1 Å². The smallest absolute Gasteiger partial charge is 0.159 e. The largest absolute Gasteiger partial charge is 0.491 e. The average molecular weight is 362 g/mol. The Labute approximate surface area is 161 Å². The fraction of sp³-hybridized carbons (Fsp3) is 0.304. The summed E-state index contributed by atoms with van der Waals surface area (Å²) in [7, 11) is 0. The molecule has 0 saturated heterocycles. The molecule has 0 radical (unpaired) electrons. The molecule has 0 spiro atoms. The van der Waals surface area contributed by atoms with Gasteiger partial charge in [-0.1, -0.05) is 24.3 Å². The molecule has 140 valence electrons. The van der Waals surface area contributed by atoms with E-state index in [-0.39, 0.29) is 6.10 Å². The van der Waals surface area contributed by atoms with Crippen molar-refractivity contribution < 1.29 is 9.47 Å². The maximum absolute atomic E-state index is 5.93. The van der Waals surface area contributed by atoms with Crippen LogP contribution in [0.3, 0.4) is 0 Å². The molecule has 1 heterocycles. The van der Waals surface area contributed by atoms with Crippen LogP contribution < -0.4 is 9.47 Å². The Hall–Kier alpha value is -2.88. The van der Waals surface area contributed by atoms with E-state index in [1.807, 2.05) is 51.2 Å². The maximum Gasteiger partial charge on any atom is 0.159 e. The van der Waals surface area contributed by atoms with Gasteiger partial charge in [-0.2, -0.15) is 0 Å². The molecule has 2 aromatic carbocycles. The van der Waals surface area contributed by atoms with E-state index in [4.69, 9.17) is 14.5 Å². The van der Waals surface area contributed by atoms with E-state index < -0.39 is 0 Å². The van der Waals surface area contributed by atoms with Crippen LogP contribution in [0.15, 0.2) is 48.7 Å². The number of aromatic nitrogens is 2. The number of nitrogens with zero attached hydrogens (tertiary/aromatic N) is 2. The Balaban J connectivity index is 1.76. The number of ether oxygens (including phenoxy) is 2. The van der Waals surface area contributed by atoms with Gasteiger partial charge in [-0.15, -0.1) is 0 Å². The van der Waals surface area contributed by atoms with Crippen LogP contribution in [0.4, 0.5) is 0 Å². The second kappa shape index (κ2) is 8.21. The first-order chi connectivity index (χ1) is 12.9. The number of aryl methyl sites for hydroxylation is 3. The summed E-state index contributed by atoms with van der Waals surface area (Å²) in [6.07, 6.45) is 1.99. The molecule has 4 nitrogen and oxygen atoms in total. The first-order valence-corrected chi connectivity index (χ1v) is 9.22. The van der Waals surface area contributed by atoms with Crippen molar-refractivity contribution in [3.63, 3.8) is 0 Å². The zero-order valence-electron chi connectivity index (χ0n) is 16.6. The molecule has 0 aliphatic carbocycles. The van der Waals surface area contributed by atoms with Crippen molar-refractivity contribution in [3.8, 4) is 22.9 Å². The fourth-order valence-corrected chi connectivity index (χ4v) is 2.99. The molecular formula is C23H26N2O2. The van der Waals surface area contributed by atoms with E-state index in [1.165, 1.54) is 11.1 Å². The molecule has 0 saturated carbocycles. The molecule has 0 bridgehead atoms. The average Bonchev–Trinajstić information content (AvgIpc) is 2.60. The van der Waals surface area contributed by atoms with Crippen LogP contribution >= 0.6 is 0 Å². The molecule has 3 aromatic rings. The highest BCUT2D eigenvalue weighted by Gasteiger charge is 2.11. The third-order valence-electron chi connectivity index (χ3n) is 4.36. The molecule has 0 aliphatic heterocycles. The molecule has 3 rings (SSSR count). The van der Waals surface area contributed by atoms with Crippen molar-refractivity contribution in [2.24, 2.45) is 0 Å². The van der Waals surface area contributed by atoms with Crippen molar-refractivity contribution in [1.82, 2.24) is 9.97 Å². The Kier molecular flexibility index (Phi) is 5.75. The summed E-state index contributed by atoms with van der Waals surface area (Å²) in [5.74, 6) is 2.34. The normalized spacial score (nSPS) is 10.9. The van der Waals surface area contributed by atoms with Crippen molar-refractivity contribution in [2.75, 3.05) is 0 Å². The van der Waals surface area contributed by atoms with E-state index in [0.717, 1.165) is 34.1 Å². The van der Waals surface area contributed by atoms with Crippen molar-refractivity contribution in [3.05, 3.63) is 71.0 Å². The van der Waals surface area contributed by atoms with E-state index in [1.54, 1.807) is 0 Å². The lowest BCUT2D eigenvalue weighted by Crippen LogP contribution is -2.06. The Bertz CT molecular complexity index is 915. The van der Waals surface area contributed by atoms with E-state index in [0.29, 0.717) is 6.61 Å². The first-order valence-electron chi connectivity index (χ1n) is 9.22.